The number of rotatable bonds is 4. The number of nitrogens with zero attached hydrogens (tertiary/aromatic N) is 2. The van der Waals surface area contributed by atoms with Crippen LogP contribution in [0.2, 0.25) is 5.02 Å². The lowest BCUT2D eigenvalue weighted by atomic mass is 10.1. The molecule has 0 saturated heterocycles. The Bertz CT molecular complexity index is 789. The molecule has 0 saturated carbocycles. The number of aliphatic imine (C=N–C) groups is 1. The lowest BCUT2D eigenvalue weighted by Crippen LogP contribution is -2.38. The number of nitriles is 1. The van der Waals surface area contributed by atoms with Gasteiger partial charge >= 0.3 is 0 Å². The van der Waals surface area contributed by atoms with Crippen LogP contribution in [0, 0.1) is 17.1 Å². The maximum Gasteiger partial charge on any atom is 0.191 e. The molecular formula is C18H19ClFIN4. The van der Waals surface area contributed by atoms with Crippen molar-refractivity contribution >= 4 is 41.5 Å². The van der Waals surface area contributed by atoms with E-state index in [1.54, 1.807) is 19.2 Å². The first-order chi connectivity index (χ1) is 11.5. The van der Waals surface area contributed by atoms with Crippen LogP contribution in [-0.2, 0) is 6.54 Å². The number of halogens is 3. The largest absolute Gasteiger partial charge is 0.352 e. The third kappa shape index (κ3) is 6.18. The fraction of sp³-hybridized carbons (Fsp3) is 0.222. The van der Waals surface area contributed by atoms with E-state index >= 15 is 0 Å². The Kier molecular flexibility index (Phi) is 8.66. The highest BCUT2D eigenvalue weighted by Crippen LogP contribution is 2.17. The zero-order valence-corrected chi connectivity index (χ0v) is 17.0. The minimum absolute atomic E-state index is 0. The summed E-state index contributed by atoms with van der Waals surface area (Å²) in [5.74, 6) is 0.131. The Morgan fingerprint density at radius 2 is 2.08 bits per heavy atom. The second kappa shape index (κ2) is 10.2. The van der Waals surface area contributed by atoms with Crippen molar-refractivity contribution in [2.45, 2.75) is 19.5 Å². The van der Waals surface area contributed by atoms with Gasteiger partial charge in [0.25, 0.3) is 0 Å². The Labute approximate surface area is 169 Å². The molecule has 25 heavy (non-hydrogen) atoms. The SMILES string of the molecule is CN=C(NCc1ccc(C#N)cc1F)NC(C)c1cccc(Cl)c1.I. The standard InChI is InChI=1S/C18H18ClFN4.HI/c1-12(14-4-3-5-16(19)9-14)24-18(22-2)23-11-15-7-6-13(10-21)8-17(15)20;/h3-9,12H,11H2,1-2H3,(H2,22,23,24);1H. The fourth-order valence-corrected chi connectivity index (χ4v) is 2.40. The molecular weight excluding hydrogens is 454 g/mol. The molecule has 1 atom stereocenters. The molecule has 2 rings (SSSR count). The van der Waals surface area contributed by atoms with Gasteiger partial charge in [0.2, 0.25) is 0 Å². The van der Waals surface area contributed by atoms with E-state index in [0.717, 1.165) is 5.56 Å². The maximum absolute atomic E-state index is 13.9. The minimum atomic E-state index is -0.417. The van der Waals surface area contributed by atoms with Gasteiger partial charge in [-0.2, -0.15) is 5.26 Å². The van der Waals surface area contributed by atoms with E-state index in [-0.39, 0.29) is 36.6 Å². The summed E-state index contributed by atoms with van der Waals surface area (Å²) in [6.07, 6.45) is 0. The Morgan fingerprint density at radius 1 is 1.32 bits per heavy atom. The Balaban J connectivity index is 0.00000312. The Morgan fingerprint density at radius 3 is 2.68 bits per heavy atom. The maximum atomic E-state index is 13.9. The summed E-state index contributed by atoms with van der Waals surface area (Å²) in [4.78, 5) is 4.14. The van der Waals surface area contributed by atoms with Gasteiger partial charge in [-0.05, 0) is 36.8 Å². The van der Waals surface area contributed by atoms with Crippen LogP contribution in [0.1, 0.15) is 29.7 Å². The van der Waals surface area contributed by atoms with E-state index in [2.05, 4.69) is 15.6 Å². The van der Waals surface area contributed by atoms with E-state index < -0.39 is 5.82 Å². The highest BCUT2D eigenvalue weighted by atomic mass is 127. The van der Waals surface area contributed by atoms with Gasteiger partial charge in [0.1, 0.15) is 5.82 Å². The van der Waals surface area contributed by atoms with Crippen molar-refractivity contribution < 1.29 is 4.39 Å². The smallest absolute Gasteiger partial charge is 0.191 e. The predicted molar refractivity (Wildman–Crippen MR) is 110 cm³/mol. The van der Waals surface area contributed by atoms with Gasteiger partial charge in [-0.25, -0.2) is 4.39 Å². The van der Waals surface area contributed by atoms with E-state index in [0.29, 0.717) is 22.1 Å². The van der Waals surface area contributed by atoms with Gasteiger partial charge in [-0.3, -0.25) is 4.99 Å². The van der Waals surface area contributed by atoms with Crippen LogP contribution in [0.15, 0.2) is 47.5 Å². The monoisotopic (exact) mass is 472 g/mol. The third-order valence-corrected chi connectivity index (χ3v) is 3.79. The van der Waals surface area contributed by atoms with Crippen molar-refractivity contribution in [3.05, 3.63) is 70.0 Å². The second-order valence-corrected chi connectivity index (χ2v) is 5.70. The molecule has 0 aliphatic carbocycles. The first-order valence-electron chi connectivity index (χ1n) is 7.44. The quantitative estimate of drug-likeness (QED) is 0.394. The van der Waals surface area contributed by atoms with Crippen molar-refractivity contribution in [2.24, 2.45) is 4.99 Å². The molecule has 0 fully saturated rings. The second-order valence-electron chi connectivity index (χ2n) is 5.26. The molecule has 0 aliphatic heterocycles. The molecule has 1 unspecified atom stereocenters. The number of nitrogens with one attached hydrogen (secondary N) is 2. The van der Waals surface area contributed by atoms with Gasteiger partial charge in [-0.1, -0.05) is 29.8 Å². The van der Waals surface area contributed by atoms with E-state index in [1.807, 2.05) is 37.3 Å². The molecule has 0 bridgehead atoms. The van der Waals surface area contributed by atoms with E-state index in [9.17, 15) is 4.39 Å². The minimum Gasteiger partial charge on any atom is -0.352 e. The van der Waals surface area contributed by atoms with Gasteiger partial charge in [0, 0.05) is 24.2 Å². The molecule has 2 N–H and O–H groups in total. The van der Waals surface area contributed by atoms with Crippen molar-refractivity contribution in [3.63, 3.8) is 0 Å². The molecule has 0 aliphatic rings. The summed E-state index contributed by atoms with van der Waals surface area (Å²) in [6.45, 7) is 2.25. The molecule has 0 aromatic heterocycles. The van der Waals surface area contributed by atoms with Crippen LogP contribution in [0.5, 0.6) is 0 Å². The zero-order valence-electron chi connectivity index (χ0n) is 13.9. The van der Waals surface area contributed by atoms with Gasteiger partial charge < -0.3 is 10.6 Å². The molecule has 7 heteroatoms. The molecule has 2 aromatic carbocycles. The highest BCUT2D eigenvalue weighted by molar-refractivity contribution is 14.0. The number of benzene rings is 2. The summed E-state index contributed by atoms with van der Waals surface area (Å²) in [5.41, 5.74) is 1.79. The van der Waals surface area contributed by atoms with Crippen molar-refractivity contribution in [3.8, 4) is 6.07 Å². The van der Waals surface area contributed by atoms with Crippen molar-refractivity contribution in [2.75, 3.05) is 7.05 Å². The average molecular weight is 473 g/mol. The van der Waals surface area contributed by atoms with Gasteiger partial charge in [-0.15, -0.1) is 24.0 Å². The summed E-state index contributed by atoms with van der Waals surface area (Å²) in [7, 11) is 1.65. The van der Waals surface area contributed by atoms with Crippen LogP contribution in [0.4, 0.5) is 4.39 Å². The fourth-order valence-electron chi connectivity index (χ4n) is 2.20. The van der Waals surface area contributed by atoms with E-state index in [4.69, 9.17) is 16.9 Å². The number of hydrogen-bond acceptors (Lipinski definition) is 2. The lowest BCUT2D eigenvalue weighted by molar-refractivity contribution is 0.602. The molecule has 0 radical (unpaired) electrons. The molecule has 0 amide bonds. The Hall–Kier alpha value is -1.85. The van der Waals surface area contributed by atoms with Crippen LogP contribution in [0.3, 0.4) is 0 Å². The van der Waals surface area contributed by atoms with Crippen molar-refractivity contribution in [1.82, 2.24) is 10.6 Å². The molecule has 132 valence electrons. The number of guanidine groups is 1. The normalized spacial score (nSPS) is 11.9. The summed E-state index contributed by atoms with van der Waals surface area (Å²) >= 11 is 6.00. The van der Waals surface area contributed by atoms with Crippen molar-refractivity contribution in [1.29, 1.82) is 5.26 Å². The number of hydrogen-bond donors (Lipinski definition) is 2. The molecule has 0 heterocycles. The third-order valence-electron chi connectivity index (χ3n) is 3.55. The molecule has 4 nitrogen and oxygen atoms in total. The van der Waals surface area contributed by atoms with Crippen LogP contribution < -0.4 is 10.6 Å². The van der Waals surface area contributed by atoms with Gasteiger partial charge in [0.15, 0.2) is 5.96 Å². The zero-order chi connectivity index (χ0) is 17.5. The average Bonchev–Trinajstić information content (AvgIpc) is 2.59. The predicted octanol–water partition coefficient (Wildman–Crippen LogP) is 4.39. The van der Waals surface area contributed by atoms with Crippen LogP contribution >= 0.6 is 35.6 Å². The summed E-state index contributed by atoms with van der Waals surface area (Å²) < 4.78 is 13.9. The van der Waals surface area contributed by atoms with Gasteiger partial charge in [0.05, 0.1) is 17.7 Å². The molecule has 2 aromatic rings. The topological polar surface area (TPSA) is 60.2 Å². The van der Waals surface area contributed by atoms with Crippen LogP contribution in [-0.4, -0.2) is 13.0 Å². The molecule has 0 spiro atoms. The van der Waals surface area contributed by atoms with E-state index in [1.165, 1.54) is 6.07 Å². The first-order valence-corrected chi connectivity index (χ1v) is 7.82. The lowest BCUT2D eigenvalue weighted by Gasteiger charge is -2.18. The first kappa shape index (κ1) is 21.2. The summed E-state index contributed by atoms with van der Waals surface area (Å²) in [6, 6.07) is 13.9. The highest BCUT2D eigenvalue weighted by Gasteiger charge is 2.09. The van der Waals surface area contributed by atoms with Crippen LogP contribution in [0.25, 0.3) is 0 Å². The summed E-state index contributed by atoms with van der Waals surface area (Å²) in [5, 5.41) is 15.7.